The van der Waals surface area contributed by atoms with Gasteiger partial charge in [-0.05, 0) is 42.4 Å². The van der Waals surface area contributed by atoms with Gasteiger partial charge in [0.05, 0.1) is 6.61 Å². The maximum absolute atomic E-state index is 5.79. The second-order valence-corrected chi connectivity index (χ2v) is 7.59. The van der Waals surface area contributed by atoms with Crippen molar-refractivity contribution < 1.29 is 4.74 Å². The second kappa shape index (κ2) is 10.1. The van der Waals surface area contributed by atoms with Crippen LogP contribution in [0.2, 0.25) is 0 Å². The molecule has 0 spiro atoms. The Morgan fingerprint density at radius 2 is 1.89 bits per heavy atom. The van der Waals surface area contributed by atoms with E-state index in [0.717, 1.165) is 50.8 Å². The molecule has 1 saturated heterocycles. The highest BCUT2D eigenvalue weighted by molar-refractivity contribution is 14.0. The molecule has 0 bridgehead atoms. The number of para-hydroxylation sites is 1. The second-order valence-electron chi connectivity index (χ2n) is 7.59. The fourth-order valence-electron chi connectivity index (χ4n) is 4.31. The van der Waals surface area contributed by atoms with Crippen molar-refractivity contribution in [2.75, 3.05) is 33.3 Å². The zero-order valence-corrected chi connectivity index (χ0v) is 18.8. The Hall–Kier alpha value is -1.76. The van der Waals surface area contributed by atoms with Crippen molar-refractivity contribution in [3.63, 3.8) is 0 Å². The van der Waals surface area contributed by atoms with Crippen molar-refractivity contribution >= 4 is 29.9 Å². The molecule has 2 heterocycles. The normalized spacial score (nSPS) is 21.5. The lowest BCUT2D eigenvalue weighted by molar-refractivity contribution is 0.266. The number of nitrogens with zero attached hydrogens (tertiary/aromatic N) is 2. The molecule has 150 valence electrons. The van der Waals surface area contributed by atoms with E-state index in [2.05, 4.69) is 63.7 Å². The topological polar surface area (TPSA) is 36.9 Å². The summed E-state index contributed by atoms with van der Waals surface area (Å²) in [5.74, 6) is 3.26. The molecule has 2 atom stereocenters. The highest BCUT2D eigenvalue weighted by Crippen LogP contribution is 2.32. The van der Waals surface area contributed by atoms with Crippen LogP contribution < -0.4 is 10.1 Å². The van der Waals surface area contributed by atoms with Crippen molar-refractivity contribution in [3.8, 4) is 5.75 Å². The number of aliphatic imine (C=N–C) groups is 1. The summed E-state index contributed by atoms with van der Waals surface area (Å²) in [6.07, 6.45) is 3.44. The largest absolute Gasteiger partial charge is 0.493 e. The molecule has 0 amide bonds. The number of guanidine groups is 1. The van der Waals surface area contributed by atoms with E-state index < -0.39 is 0 Å². The molecule has 0 saturated carbocycles. The molecule has 2 aromatic rings. The third-order valence-electron chi connectivity index (χ3n) is 5.75. The van der Waals surface area contributed by atoms with Crippen molar-refractivity contribution in [2.45, 2.75) is 25.2 Å². The van der Waals surface area contributed by atoms with E-state index in [4.69, 9.17) is 4.74 Å². The number of likely N-dealkylation sites (tertiary alicyclic amines) is 1. The molecule has 4 rings (SSSR count). The van der Waals surface area contributed by atoms with Gasteiger partial charge in [-0.15, -0.1) is 24.0 Å². The number of fused-ring (bicyclic) bond motifs is 1. The number of halogens is 1. The average molecular weight is 491 g/mol. The van der Waals surface area contributed by atoms with Gasteiger partial charge in [-0.3, -0.25) is 4.99 Å². The predicted molar refractivity (Wildman–Crippen MR) is 126 cm³/mol. The molecule has 0 aliphatic carbocycles. The van der Waals surface area contributed by atoms with Gasteiger partial charge in [0.2, 0.25) is 0 Å². The molecule has 4 nitrogen and oxygen atoms in total. The van der Waals surface area contributed by atoms with Crippen molar-refractivity contribution in [3.05, 3.63) is 65.7 Å². The zero-order valence-electron chi connectivity index (χ0n) is 16.5. The van der Waals surface area contributed by atoms with E-state index in [-0.39, 0.29) is 24.0 Å². The minimum absolute atomic E-state index is 0. The van der Waals surface area contributed by atoms with Gasteiger partial charge in [0.1, 0.15) is 5.75 Å². The molecular weight excluding hydrogens is 461 g/mol. The SMILES string of the molecule is CN=C(NCC1CCOc2ccccc21)N1CCC(Cc2ccccc2)C1.I. The van der Waals surface area contributed by atoms with Crippen molar-refractivity contribution in [1.82, 2.24) is 10.2 Å². The first-order valence-corrected chi connectivity index (χ1v) is 10.0. The molecule has 2 aromatic carbocycles. The highest BCUT2D eigenvalue weighted by atomic mass is 127. The lowest BCUT2D eigenvalue weighted by atomic mass is 9.93. The van der Waals surface area contributed by atoms with Crippen LogP contribution >= 0.6 is 24.0 Å². The lowest BCUT2D eigenvalue weighted by Crippen LogP contribution is -2.42. The molecule has 0 aromatic heterocycles. The maximum atomic E-state index is 5.79. The van der Waals surface area contributed by atoms with Gasteiger partial charge in [0, 0.05) is 32.6 Å². The Bertz CT molecular complexity index is 780. The Morgan fingerprint density at radius 3 is 2.71 bits per heavy atom. The number of rotatable bonds is 4. The van der Waals surface area contributed by atoms with Crippen molar-refractivity contribution in [2.24, 2.45) is 10.9 Å². The standard InChI is InChI=1S/C23H29N3O.HI/c1-24-23(25-16-20-12-14-27-22-10-6-5-9-21(20)22)26-13-11-19(17-26)15-18-7-3-2-4-8-18;/h2-10,19-20H,11-17H2,1H3,(H,24,25);1H. The van der Waals surface area contributed by atoms with Crippen LogP contribution in [0.1, 0.15) is 29.9 Å². The summed E-state index contributed by atoms with van der Waals surface area (Å²) in [4.78, 5) is 6.97. The average Bonchev–Trinajstić information content (AvgIpc) is 3.17. The minimum atomic E-state index is 0. The van der Waals surface area contributed by atoms with Crippen LogP contribution in [0.15, 0.2) is 59.6 Å². The monoisotopic (exact) mass is 491 g/mol. The van der Waals surface area contributed by atoms with Gasteiger partial charge in [-0.2, -0.15) is 0 Å². The summed E-state index contributed by atoms with van der Waals surface area (Å²) >= 11 is 0. The Labute approximate surface area is 185 Å². The molecule has 2 unspecified atom stereocenters. The van der Waals surface area contributed by atoms with Crippen LogP contribution in [0.25, 0.3) is 0 Å². The van der Waals surface area contributed by atoms with Crippen LogP contribution in [-0.2, 0) is 6.42 Å². The predicted octanol–water partition coefficient (Wildman–Crippen LogP) is 4.31. The summed E-state index contributed by atoms with van der Waals surface area (Å²) in [6, 6.07) is 19.2. The van der Waals surface area contributed by atoms with Gasteiger partial charge in [-0.25, -0.2) is 0 Å². The third kappa shape index (κ3) is 4.99. The maximum Gasteiger partial charge on any atom is 0.193 e. The van der Waals surface area contributed by atoms with Crippen LogP contribution in [-0.4, -0.2) is 44.1 Å². The number of ether oxygens (including phenoxy) is 1. The lowest BCUT2D eigenvalue weighted by Gasteiger charge is -2.28. The van der Waals surface area contributed by atoms with Gasteiger partial charge in [0.25, 0.3) is 0 Å². The zero-order chi connectivity index (χ0) is 18.5. The first-order valence-electron chi connectivity index (χ1n) is 10.0. The molecule has 0 radical (unpaired) electrons. The first kappa shape index (κ1) is 21.0. The Kier molecular flexibility index (Phi) is 7.59. The smallest absolute Gasteiger partial charge is 0.193 e. The summed E-state index contributed by atoms with van der Waals surface area (Å²) in [6.45, 7) is 3.87. The summed E-state index contributed by atoms with van der Waals surface area (Å²) < 4.78 is 5.79. The third-order valence-corrected chi connectivity index (χ3v) is 5.75. The molecular formula is C23H30IN3O. The Balaban J connectivity index is 0.00000225. The molecule has 1 fully saturated rings. The van der Waals surface area contributed by atoms with E-state index in [1.54, 1.807) is 0 Å². The summed E-state index contributed by atoms with van der Waals surface area (Å²) in [5, 5.41) is 3.63. The highest BCUT2D eigenvalue weighted by Gasteiger charge is 2.26. The molecule has 2 aliphatic rings. The van der Waals surface area contributed by atoms with Crippen LogP contribution in [0.5, 0.6) is 5.75 Å². The van der Waals surface area contributed by atoms with Crippen LogP contribution in [0, 0.1) is 5.92 Å². The van der Waals surface area contributed by atoms with Gasteiger partial charge in [-0.1, -0.05) is 48.5 Å². The van der Waals surface area contributed by atoms with Crippen molar-refractivity contribution in [1.29, 1.82) is 0 Å². The summed E-state index contributed by atoms with van der Waals surface area (Å²) in [7, 11) is 1.89. The number of nitrogens with one attached hydrogen (secondary N) is 1. The quantitative estimate of drug-likeness (QED) is 0.394. The first-order chi connectivity index (χ1) is 13.3. The van der Waals surface area contributed by atoms with E-state index >= 15 is 0 Å². The van der Waals surface area contributed by atoms with E-state index in [0.29, 0.717) is 11.8 Å². The summed E-state index contributed by atoms with van der Waals surface area (Å²) in [5.41, 5.74) is 2.75. The molecule has 2 aliphatic heterocycles. The Morgan fingerprint density at radius 1 is 1.11 bits per heavy atom. The van der Waals surface area contributed by atoms with Gasteiger partial charge < -0.3 is 15.0 Å². The number of hydrogen-bond donors (Lipinski definition) is 1. The van der Waals surface area contributed by atoms with Crippen LogP contribution in [0.4, 0.5) is 0 Å². The fourth-order valence-corrected chi connectivity index (χ4v) is 4.31. The van der Waals surface area contributed by atoms with Gasteiger partial charge >= 0.3 is 0 Å². The van der Waals surface area contributed by atoms with E-state index in [1.807, 2.05) is 13.1 Å². The molecule has 1 N–H and O–H groups in total. The number of benzene rings is 2. The molecule has 5 heteroatoms. The number of hydrogen-bond acceptors (Lipinski definition) is 2. The minimum Gasteiger partial charge on any atom is -0.493 e. The van der Waals surface area contributed by atoms with Gasteiger partial charge in [0.15, 0.2) is 5.96 Å². The van der Waals surface area contributed by atoms with E-state index in [9.17, 15) is 0 Å². The van der Waals surface area contributed by atoms with Crippen LogP contribution in [0.3, 0.4) is 0 Å². The fraction of sp³-hybridized carbons (Fsp3) is 0.435. The molecule has 28 heavy (non-hydrogen) atoms. The van der Waals surface area contributed by atoms with E-state index in [1.165, 1.54) is 17.5 Å².